The Balaban J connectivity index is 1.73. The molecule has 0 atom stereocenters. The van der Waals surface area contributed by atoms with Crippen molar-refractivity contribution in [3.8, 4) is 22.6 Å². The van der Waals surface area contributed by atoms with Gasteiger partial charge in [0.25, 0.3) is 0 Å². The lowest BCUT2D eigenvalue weighted by Gasteiger charge is -2.44. The van der Waals surface area contributed by atoms with Gasteiger partial charge in [0.1, 0.15) is 18.1 Å². The van der Waals surface area contributed by atoms with E-state index < -0.39 is 8.24 Å². The molecule has 0 radical (unpaired) electrons. The molecule has 5 heteroatoms. The highest BCUT2D eigenvalue weighted by atomic mass is 79.9. The van der Waals surface area contributed by atoms with Crippen LogP contribution in [-0.2, 0) is 6.61 Å². The summed E-state index contributed by atoms with van der Waals surface area (Å²) in [5.41, 5.74) is 6.76. The number of methoxy groups -OCH3 is 1. The highest BCUT2D eigenvalue weighted by molar-refractivity contribution is 9.10. The summed E-state index contributed by atoms with van der Waals surface area (Å²) in [6.45, 7) is 15.0. The van der Waals surface area contributed by atoms with E-state index in [1.54, 1.807) is 7.11 Å². The molecule has 0 fully saturated rings. The molecule has 36 heavy (non-hydrogen) atoms. The topological polar surface area (TPSA) is 23.4 Å². The standard InChI is InChI=1S/C31H38BrNO2Si/c1-21(2)36(22(3)4,23(5)6)33-16-15-30-29(9-8-10-31(30)33)25-17-26(32)19-28(18-25)35-20-24-11-13-27(34-7)14-12-24/h8-19,21-23H,20H2,1-7H3. The zero-order chi connectivity index (χ0) is 26.0. The van der Waals surface area contributed by atoms with E-state index in [1.165, 1.54) is 16.5 Å². The van der Waals surface area contributed by atoms with Crippen LogP contribution in [0.1, 0.15) is 47.1 Å². The van der Waals surface area contributed by atoms with Crippen molar-refractivity contribution in [3.63, 3.8) is 0 Å². The normalized spacial score (nSPS) is 12.2. The van der Waals surface area contributed by atoms with Crippen LogP contribution in [0, 0.1) is 0 Å². The van der Waals surface area contributed by atoms with Crippen molar-refractivity contribution in [2.75, 3.05) is 7.11 Å². The first-order chi connectivity index (χ1) is 17.2. The third-order valence-corrected chi connectivity index (χ3v) is 14.9. The summed E-state index contributed by atoms with van der Waals surface area (Å²) in [5, 5.41) is 1.30. The van der Waals surface area contributed by atoms with Gasteiger partial charge in [-0.2, -0.15) is 0 Å². The Labute approximate surface area is 225 Å². The third-order valence-electron chi connectivity index (χ3n) is 7.67. The van der Waals surface area contributed by atoms with Gasteiger partial charge in [0.05, 0.1) is 7.11 Å². The lowest BCUT2D eigenvalue weighted by atomic mass is 10.0. The fraction of sp³-hybridized carbons (Fsp3) is 0.355. The predicted molar refractivity (Wildman–Crippen MR) is 159 cm³/mol. The zero-order valence-corrected chi connectivity index (χ0v) is 25.1. The Morgan fingerprint density at radius 2 is 1.47 bits per heavy atom. The van der Waals surface area contributed by atoms with E-state index in [2.05, 4.69) is 104 Å². The molecule has 0 bridgehead atoms. The molecule has 0 unspecified atom stereocenters. The number of fused-ring (bicyclic) bond motifs is 1. The summed E-state index contributed by atoms with van der Waals surface area (Å²) in [5.74, 6) is 1.70. The largest absolute Gasteiger partial charge is 0.497 e. The summed E-state index contributed by atoms with van der Waals surface area (Å²) in [6, 6.07) is 23.4. The molecule has 4 rings (SSSR count). The van der Waals surface area contributed by atoms with Crippen molar-refractivity contribution in [3.05, 3.63) is 83.0 Å². The lowest BCUT2D eigenvalue weighted by molar-refractivity contribution is 0.306. The maximum absolute atomic E-state index is 6.21. The SMILES string of the molecule is COc1ccc(COc2cc(Br)cc(-c3cccc4c3ccn4[Si](C(C)C)(C(C)C)C(C)C)c2)cc1. The molecule has 1 aromatic heterocycles. The van der Waals surface area contributed by atoms with Crippen molar-refractivity contribution in [2.45, 2.75) is 64.8 Å². The molecule has 0 aliphatic heterocycles. The highest BCUT2D eigenvalue weighted by Crippen LogP contribution is 2.45. The Hall–Kier alpha value is -2.50. The molecule has 190 valence electrons. The fourth-order valence-corrected chi connectivity index (χ4v) is 13.4. The van der Waals surface area contributed by atoms with Gasteiger partial charge in [0, 0.05) is 15.4 Å². The maximum Gasteiger partial charge on any atom is 0.169 e. The monoisotopic (exact) mass is 563 g/mol. The number of ether oxygens (including phenoxy) is 2. The summed E-state index contributed by atoms with van der Waals surface area (Å²) < 4.78 is 15.2. The van der Waals surface area contributed by atoms with E-state index >= 15 is 0 Å². The molecule has 0 amide bonds. The van der Waals surface area contributed by atoms with Gasteiger partial charge in [-0.15, -0.1) is 0 Å². The molecule has 0 saturated heterocycles. The van der Waals surface area contributed by atoms with Crippen molar-refractivity contribution in [1.29, 1.82) is 0 Å². The lowest BCUT2D eigenvalue weighted by Crippen LogP contribution is -2.51. The van der Waals surface area contributed by atoms with Gasteiger partial charge in [-0.1, -0.05) is 81.7 Å². The first-order valence-corrected chi connectivity index (χ1v) is 15.8. The van der Waals surface area contributed by atoms with Crippen molar-refractivity contribution in [1.82, 2.24) is 4.23 Å². The molecular formula is C31H38BrNO2Si. The number of hydrogen-bond donors (Lipinski definition) is 0. The van der Waals surface area contributed by atoms with E-state index in [-0.39, 0.29) is 0 Å². The van der Waals surface area contributed by atoms with Crippen LogP contribution in [0.4, 0.5) is 0 Å². The Bertz CT molecular complexity index is 1300. The molecule has 0 aliphatic carbocycles. The van der Waals surface area contributed by atoms with E-state index in [4.69, 9.17) is 9.47 Å². The second-order valence-electron chi connectivity index (χ2n) is 10.6. The van der Waals surface area contributed by atoms with Gasteiger partial charge in [0.2, 0.25) is 0 Å². The first kappa shape index (κ1) is 26.6. The first-order valence-electron chi connectivity index (χ1n) is 12.9. The fourth-order valence-electron chi connectivity index (χ4n) is 6.28. The minimum atomic E-state index is -1.84. The summed E-state index contributed by atoms with van der Waals surface area (Å²) in [6.07, 6.45) is 2.36. The Morgan fingerprint density at radius 3 is 2.08 bits per heavy atom. The molecule has 0 N–H and O–H groups in total. The van der Waals surface area contributed by atoms with Crippen LogP contribution in [-0.4, -0.2) is 19.6 Å². The van der Waals surface area contributed by atoms with E-state index in [0.717, 1.165) is 27.1 Å². The predicted octanol–water partition coefficient (Wildman–Crippen LogP) is 9.68. The maximum atomic E-state index is 6.21. The molecule has 0 spiro atoms. The van der Waals surface area contributed by atoms with Crippen LogP contribution in [0.5, 0.6) is 11.5 Å². The van der Waals surface area contributed by atoms with Gasteiger partial charge in [-0.3, -0.25) is 0 Å². The van der Waals surface area contributed by atoms with Gasteiger partial charge >= 0.3 is 0 Å². The average molecular weight is 565 g/mol. The molecule has 3 nitrogen and oxygen atoms in total. The summed E-state index contributed by atoms with van der Waals surface area (Å²) in [4.78, 5) is 0. The Kier molecular flexibility index (Phi) is 8.01. The number of aromatic nitrogens is 1. The van der Waals surface area contributed by atoms with Crippen LogP contribution >= 0.6 is 15.9 Å². The van der Waals surface area contributed by atoms with Crippen LogP contribution in [0.25, 0.3) is 22.0 Å². The third kappa shape index (κ3) is 4.88. The number of halogens is 1. The van der Waals surface area contributed by atoms with Crippen LogP contribution < -0.4 is 9.47 Å². The van der Waals surface area contributed by atoms with E-state index in [9.17, 15) is 0 Å². The molecule has 1 heterocycles. The van der Waals surface area contributed by atoms with Gasteiger partial charge in [0.15, 0.2) is 8.24 Å². The van der Waals surface area contributed by atoms with Gasteiger partial charge < -0.3 is 13.7 Å². The minimum absolute atomic E-state index is 0.506. The number of nitrogens with zero attached hydrogens (tertiary/aromatic N) is 1. The molecule has 4 aromatic rings. The second-order valence-corrected chi connectivity index (χ2v) is 17.2. The van der Waals surface area contributed by atoms with Crippen LogP contribution in [0.3, 0.4) is 0 Å². The quantitative estimate of drug-likeness (QED) is 0.189. The Morgan fingerprint density at radius 1 is 0.806 bits per heavy atom. The minimum Gasteiger partial charge on any atom is -0.497 e. The molecular weight excluding hydrogens is 526 g/mol. The number of hydrogen-bond acceptors (Lipinski definition) is 2. The molecule has 0 saturated carbocycles. The number of rotatable bonds is 9. The highest BCUT2D eigenvalue weighted by Gasteiger charge is 2.45. The van der Waals surface area contributed by atoms with Gasteiger partial charge in [-0.05, 0) is 82.0 Å². The van der Waals surface area contributed by atoms with Crippen molar-refractivity contribution >= 4 is 35.1 Å². The van der Waals surface area contributed by atoms with Crippen molar-refractivity contribution < 1.29 is 9.47 Å². The summed E-state index contributed by atoms with van der Waals surface area (Å²) >= 11 is 3.72. The van der Waals surface area contributed by atoms with Gasteiger partial charge in [-0.25, -0.2) is 0 Å². The average Bonchev–Trinajstić information content (AvgIpc) is 3.27. The van der Waals surface area contributed by atoms with Crippen molar-refractivity contribution in [2.24, 2.45) is 0 Å². The van der Waals surface area contributed by atoms with Crippen LogP contribution in [0.2, 0.25) is 16.6 Å². The second kappa shape index (κ2) is 10.9. The summed E-state index contributed by atoms with van der Waals surface area (Å²) in [7, 11) is -0.164. The van der Waals surface area contributed by atoms with E-state index in [1.807, 2.05) is 30.3 Å². The van der Waals surface area contributed by atoms with Crippen LogP contribution in [0.15, 0.2) is 77.4 Å². The van der Waals surface area contributed by atoms with E-state index in [0.29, 0.717) is 23.2 Å². The molecule has 0 aliphatic rings. The number of benzene rings is 3. The zero-order valence-electron chi connectivity index (χ0n) is 22.5. The smallest absolute Gasteiger partial charge is 0.169 e. The molecule has 3 aromatic carbocycles.